The van der Waals surface area contributed by atoms with E-state index in [2.05, 4.69) is 48.4 Å². The van der Waals surface area contributed by atoms with Gasteiger partial charge >= 0.3 is 0 Å². The molecule has 1 saturated heterocycles. The number of benzene rings is 1. The number of rotatable bonds is 5. The van der Waals surface area contributed by atoms with Crippen molar-refractivity contribution in [2.45, 2.75) is 51.0 Å². The van der Waals surface area contributed by atoms with Crippen molar-refractivity contribution < 1.29 is 9.53 Å². The minimum absolute atomic E-state index is 0.0274. The number of ether oxygens (including phenoxy) is 1. The van der Waals surface area contributed by atoms with Crippen LogP contribution in [0.3, 0.4) is 0 Å². The number of nitrogens with one attached hydrogen (secondary N) is 2. The van der Waals surface area contributed by atoms with Crippen molar-refractivity contribution in [2.24, 2.45) is 0 Å². The van der Waals surface area contributed by atoms with Crippen LogP contribution in [0, 0.1) is 6.92 Å². The molecule has 1 aliphatic rings. The highest BCUT2D eigenvalue weighted by molar-refractivity contribution is 5.94. The smallest absolute Gasteiger partial charge is 0.251 e. The van der Waals surface area contributed by atoms with Crippen LogP contribution in [0.2, 0.25) is 0 Å². The van der Waals surface area contributed by atoms with Crippen LogP contribution in [-0.4, -0.2) is 29.6 Å². The van der Waals surface area contributed by atoms with Gasteiger partial charge in [0.2, 0.25) is 5.56 Å². The fraction of sp³-hybridized carbons (Fsp3) is 0.455. The van der Waals surface area contributed by atoms with Crippen LogP contribution in [0.25, 0.3) is 0 Å². The van der Waals surface area contributed by atoms with Crippen LogP contribution in [-0.2, 0) is 10.2 Å². The van der Waals surface area contributed by atoms with E-state index in [0.29, 0.717) is 24.4 Å². The number of carbonyl (C=O) groups excluding carboxylic acids is 1. The Balaban J connectivity index is 1.74. The molecule has 1 aromatic heterocycles. The lowest BCUT2D eigenvalue weighted by atomic mass is 9.67. The number of carbonyl (C=O) groups is 1. The average molecular weight is 368 g/mol. The lowest BCUT2D eigenvalue weighted by Gasteiger charge is -2.45. The highest BCUT2D eigenvalue weighted by atomic mass is 16.5. The summed E-state index contributed by atoms with van der Waals surface area (Å²) in [6.45, 7) is 7.29. The largest absolute Gasteiger partial charge is 0.376 e. The van der Waals surface area contributed by atoms with E-state index >= 15 is 0 Å². The first kappa shape index (κ1) is 19.4. The Morgan fingerprint density at radius 2 is 1.96 bits per heavy atom. The molecule has 0 saturated carbocycles. The van der Waals surface area contributed by atoms with Gasteiger partial charge in [-0.2, -0.15) is 0 Å². The standard InChI is InChI=1S/C22H28N2O3/c1-16-13-17(14-19(25)24-16)20(26)23-11-9-22(18-7-5-4-6-8-18)10-12-27-21(2,3)15-22/h4-8,13-14H,9-12,15H2,1-3H3,(H,23,26)(H,24,25). The number of hydrogen-bond acceptors (Lipinski definition) is 3. The molecule has 144 valence electrons. The molecule has 27 heavy (non-hydrogen) atoms. The Kier molecular flexibility index (Phi) is 5.51. The van der Waals surface area contributed by atoms with Gasteiger partial charge in [-0.3, -0.25) is 9.59 Å². The molecule has 0 radical (unpaired) electrons. The number of aryl methyl sites for hydroxylation is 1. The lowest BCUT2D eigenvalue weighted by Crippen LogP contribution is -2.45. The topological polar surface area (TPSA) is 71.2 Å². The molecular formula is C22H28N2O3. The van der Waals surface area contributed by atoms with E-state index in [9.17, 15) is 9.59 Å². The molecule has 5 heteroatoms. The SMILES string of the molecule is Cc1cc(C(=O)NCCC2(c3ccccc3)CCOC(C)(C)C2)cc(=O)[nH]1. The number of H-pyrrole nitrogens is 1. The summed E-state index contributed by atoms with van der Waals surface area (Å²) in [4.78, 5) is 26.7. The Hall–Kier alpha value is -2.40. The molecule has 1 unspecified atom stereocenters. The first-order chi connectivity index (χ1) is 12.8. The van der Waals surface area contributed by atoms with Gasteiger partial charge in [-0.05, 0) is 51.7 Å². The van der Waals surface area contributed by atoms with Crippen molar-refractivity contribution in [1.82, 2.24) is 10.3 Å². The summed E-state index contributed by atoms with van der Waals surface area (Å²) in [6, 6.07) is 13.5. The molecular weight excluding hydrogens is 340 g/mol. The van der Waals surface area contributed by atoms with Gasteiger partial charge in [-0.1, -0.05) is 30.3 Å². The zero-order chi connectivity index (χ0) is 19.5. The highest BCUT2D eigenvalue weighted by Crippen LogP contribution is 2.43. The van der Waals surface area contributed by atoms with Crippen molar-refractivity contribution in [3.05, 3.63) is 69.6 Å². The van der Waals surface area contributed by atoms with Gasteiger partial charge in [0.1, 0.15) is 0 Å². The predicted octanol–water partition coefficient (Wildman–Crippen LogP) is 3.33. The molecule has 1 atom stereocenters. The minimum Gasteiger partial charge on any atom is -0.376 e. The Bertz CT molecular complexity index is 857. The Morgan fingerprint density at radius 3 is 2.63 bits per heavy atom. The molecule has 2 aromatic rings. The number of aromatic nitrogens is 1. The summed E-state index contributed by atoms with van der Waals surface area (Å²) in [6.07, 6.45) is 2.67. The summed E-state index contributed by atoms with van der Waals surface area (Å²) >= 11 is 0. The number of amides is 1. The molecule has 2 heterocycles. The van der Waals surface area contributed by atoms with Crippen molar-refractivity contribution in [3.63, 3.8) is 0 Å². The van der Waals surface area contributed by atoms with E-state index in [0.717, 1.165) is 19.3 Å². The third-order valence-corrected chi connectivity index (χ3v) is 5.35. The monoisotopic (exact) mass is 368 g/mol. The fourth-order valence-corrected chi connectivity index (χ4v) is 4.20. The van der Waals surface area contributed by atoms with Crippen molar-refractivity contribution >= 4 is 5.91 Å². The molecule has 0 bridgehead atoms. The van der Waals surface area contributed by atoms with E-state index in [-0.39, 0.29) is 22.5 Å². The van der Waals surface area contributed by atoms with Crippen molar-refractivity contribution in [1.29, 1.82) is 0 Å². The van der Waals surface area contributed by atoms with Crippen LogP contribution in [0.4, 0.5) is 0 Å². The minimum atomic E-state index is -0.257. The van der Waals surface area contributed by atoms with Crippen LogP contribution >= 0.6 is 0 Å². The predicted molar refractivity (Wildman–Crippen MR) is 106 cm³/mol. The van der Waals surface area contributed by atoms with Crippen molar-refractivity contribution in [3.8, 4) is 0 Å². The van der Waals surface area contributed by atoms with E-state index in [1.807, 2.05) is 6.07 Å². The van der Waals surface area contributed by atoms with Gasteiger partial charge in [0.15, 0.2) is 0 Å². The third-order valence-electron chi connectivity index (χ3n) is 5.35. The number of hydrogen-bond donors (Lipinski definition) is 2. The maximum absolute atomic E-state index is 12.5. The highest BCUT2D eigenvalue weighted by Gasteiger charge is 2.41. The first-order valence-electron chi connectivity index (χ1n) is 9.48. The molecule has 0 spiro atoms. The third kappa shape index (κ3) is 4.66. The van der Waals surface area contributed by atoms with Crippen molar-refractivity contribution in [2.75, 3.05) is 13.2 Å². The zero-order valence-corrected chi connectivity index (χ0v) is 16.3. The Labute approximate surface area is 160 Å². The summed E-state index contributed by atoms with van der Waals surface area (Å²) < 4.78 is 5.94. The van der Waals surface area contributed by atoms with Gasteiger partial charge < -0.3 is 15.0 Å². The van der Waals surface area contributed by atoms with E-state index in [4.69, 9.17) is 4.74 Å². The van der Waals surface area contributed by atoms with E-state index in [1.165, 1.54) is 11.6 Å². The summed E-state index contributed by atoms with van der Waals surface area (Å²) in [5.41, 5.74) is 1.90. The second-order valence-corrected chi connectivity index (χ2v) is 8.10. The van der Waals surface area contributed by atoms with Crippen LogP contribution in [0.5, 0.6) is 0 Å². The number of pyridine rings is 1. The summed E-state index contributed by atoms with van der Waals surface area (Å²) in [5.74, 6) is -0.210. The summed E-state index contributed by atoms with van der Waals surface area (Å²) in [5, 5.41) is 2.99. The van der Waals surface area contributed by atoms with Crippen LogP contribution in [0.15, 0.2) is 47.3 Å². The van der Waals surface area contributed by atoms with Crippen LogP contribution < -0.4 is 10.9 Å². The zero-order valence-electron chi connectivity index (χ0n) is 16.3. The van der Waals surface area contributed by atoms with Gasteiger partial charge in [0.05, 0.1) is 5.60 Å². The quantitative estimate of drug-likeness (QED) is 0.850. The van der Waals surface area contributed by atoms with Gasteiger partial charge in [-0.25, -0.2) is 0 Å². The second-order valence-electron chi connectivity index (χ2n) is 8.10. The first-order valence-corrected chi connectivity index (χ1v) is 9.48. The molecule has 1 fully saturated rings. The number of aromatic amines is 1. The van der Waals surface area contributed by atoms with Crippen LogP contribution in [0.1, 0.15) is 54.7 Å². The Morgan fingerprint density at radius 1 is 1.22 bits per heavy atom. The van der Waals surface area contributed by atoms with E-state index < -0.39 is 0 Å². The van der Waals surface area contributed by atoms with Gasteiger partial charge in [0, 0.05) is 35.9 Å². The molecule has 3 rings (SSSR count). The average Bonchev–Trinajstić information content (AvgIpc) is 2.61. The molecule has 5 nitrogen and oxygen atoms in total. The molecule has 1 amide bonds. The molecule has 1 aromatic carbocycles. The molecule has 2 N–H and O–H groups in total. The molecule has 1 aliphatic heterocycles. The molecule has 0 aliphatic carbocycles. The second kappa shape index (κ2) is 7.69. The maximum atomic E-state index is 12.5. The fourth-order valence-electron chi connectivity index (χ4n) is 4.20. The normalized spacial score (nSPS) is 21.6. The van der Waals surface area contributed by atoms with Gasteiger partial charge in [0.25, 0.3) is 5.91 Å². The maximum Gasteiger partial charge on any atom is 0.251 e. The summed E-state index contributed by atoms with van der Waals surface area (Å²) in [7, 11) is 0. The van der Waals surface area contributed by atoms with Gasteiger partial charge in [-0.15, -0.1) is 0 Å². The lowest BCUT2D eigenvalue weighted by molar-refractivity contribution is -0.0838. The van der Waals surface area contributed by atoms with E-state index in [1.54, 1.807) is 13.0 Å².